The first-order valence-corrected chi connectivity index (χ1v) is 6.47. The van der Waals surface area contributed by atoms with Crippen molar-refractivity contribution in [1.82, 2.24) is 0 Å². The molecule has 0 saturated carbocycles. The summed E-state index contributed by atoms with van der Waals surface area (Å²) >= 11 is 1.79. The standard InChI is InChI=1S/C13H13FN2S/c14-11-7-10(15)1-2-12(11)16-5-3-13-9(8-16)4-6-17-13/h1-2,4,6-7H,3,5,8,15H2. The fourth-order valence-corrected chi connectivity index (χ4v) is 3.12. The lowest BCUT2D eigenvalue weighted by Crippen LogP contribution is -2.30. The van der Waals surface area contributed by atoms with Crippen LogP contribution in [0.3, 0.4) is 0 Å². The number of anilines is 2. The zero-order valence-corrected chi connectivity index (χ0v) is 10.1. The molecule has 4 heteroatoms. The molecular formula is C13H13FN2S. The van der Waals surface area contributed by atoms with Gasteiger partial charge in [-0.15, -0.1) is 11.3 Å². The molecule has 17 heavy (non-hydrogen) atoms. The van der Waals surface area contributed by atoms with Crippen molar-refractivity contribution < 1.29 is 4.39 Å². The second-order valence-corrected chi connectivity index (χ2v) is 5.25. The predicted molar refractivity (Wildman–Crippen MR) is 69.9 cm³/mol. The highest BCUT2D eigenvalue weighted by Gasteiger charge is 2.19. The first-order chi connectivity index (χ1) is 8.24. The summed E-state index contributed by atoms with van der Waals surface area (Å²) in [4.78, 5) is 3.50. The minimum atomic E-state index is -0.233. The fourth-order valence-electron chi connectivity index (χ4n) is 2.23. The number of nitrogens with two attached hydrogens (primary N) is 1. The Morgan fingerprint density at radius 1 is 1.29 bits per heavy atom. The number of rotatable bonds is 1. The lowest BCUT2D eigenvalue weighted by atomic mass is 10.1. The number of fused-ring (bicyclic) bond motifs is 1. The molecule has 0 fully saturated rings. The molecule has 1 aliphatic heterocycles. The normalized spacial score (nSPS) is 14.8. The molecule has 1 aromatic heterocycles. The van der Waals surface area contributed by atoms with E-state index >= 15 is 0 Å². The van der Waals surface area contributed by atoms with Crippen LogP contribution >= 0.6 is 11.3 Å². The van der Waals surface area contributed by atoms with Gasteiger partial charge in [0.1, 0.15) is 5.82 Å². The summed E-state index contributed by atoms with van der Waals surface area (Å²) in [5.41, 5.74) is 8.00. The first-order valence-electron chi connectivity index (χ1n) is 5.59. The summed E-state index contributed by atoms with van der Waals surface area (Å²) in [6.45, 7) is 1.66. The molecule has 1 aliphatic rings. The van der Waals surface area contributed by atoms with Crippen molar-refractivity contribution in [2.24, 2.45) is 0 Å². The molecule has 0 atom stereocenters. The van der Waals surface area contributed by atoms with Crippen molar-refractivity contribution in [3.8, 4) is 0 Å². The van der Waals surface area contributed by atoms with Gasteiger partial charge in [-0.1, -0.05) is 0 Å². The van der Waals surface area contributed by atoms with Crippen LogP contribution in [0.15, 0.2) is 29.6 Å². The Balaban J connectivity index is 1.91. The Morgan fingerprint density at radius 3 is 3.00 bits per heavy atom. The van der Waals surface area contributed by atoms with Crippen molar-refractivity contribution in [2.45, 2.75) is 13.0 Å². The molecule has 2 N–H and O–H groups in total. The summed E-state index contributed by atoms with van der Waals surface area (Å²) in [6, 6.07) is 7.03. The maximum Gasteiger partial charge on any atom is 0.148 e. The average Bonchev–Trinajstić information content (AvgIpc) is 2.75. The van der Waals surface area contributed by atoms with Gasteiger partial charge < -0.3 is 10.6 Å². The molecule has 0 radical (unpaired) electrons. The molecule has 88 valence electrons. The van der Waals surface area contributed by atoms with Gasteiger partial charge in [0.2, 0.25) is 0 Å². The molecule has 0 spiro atoms. The van der Waals surface area contributed by atoms with Gasteiger partial charge in [0, 0.05) is 23.7 Å². The third kappa shape index (κ3) is 1.89. The zero-order chi connectivity index (χ0) is 11.8. The van der Waals surface area contributed by atoms with Gasteiger partial charge in [-0.2, -0.15) is 0 Å². The molecular weight excluding hydrogens is 235 g/mol. The molecule has 0 saturated heterocycles. The number of halogens is 1. The third-order valence-corrected chi connectivity index (χ3v) is 4.14. The number of benzene rings is 1. The second kappa shape index (κ2) is 4.04. The van der Waals surface area contributed by atoms with E-state index < -0.39 is 0 Å². The summed E-state index contributed by atoms with van der Waals surface area (Å²) in [5.74, 6) is -0.233. The van der Waals surface area contributed by atoms with Gasteiger partial charge in [0.05, 0.1) is 5.69 Å². The minimum absolute atomic E-state index is 0.233. The smallest absolute Gasteiger partial charge is 0.148 e. The van der Waals surface area contributed by atoms with Crippen LogP contribution in [0.2, 0.25) is 0 Å². The van der Waals surface area contributed by atoms with Crippen LogP contribution in [0, 0.1) is 5.82 Å². The predicted octanol–water partition coefficient (Wildman–Crippen LogP) is 3.03. The van der Waals surface area contributed by atoms with E-state index in [2.05, 4.69) is 16.3 Å². The second-order valence-electron chi connectivity index (χ2n) is 4.25. The van der Waals surface area contributed by atoms with Gasteiger partial charge in [0.25, 0.3) is 0 Å². The molecule has 0 bridgehead atoms. The summed E-state index contributed by atoms with van der Waals surface area (Å²) in [7, 11) is 0. The van der Waals surface area contributed by atoms with E-state index in [-0.39, 0.29) is 5.82 Å². The highest BCUT2D eigenvalue weighted by atomic mass is 32.1. The quantitative estimate of drug-likeness (QED) is 0.786. The SMILES string of the molecule is Nc1ccc(N2CCc3sccc3C2)c(F)c1. The van der Waals surface area contributed by atoms with Crippen LogP contribution in [-0.4, -0.2) is 6.54 Å². The topological polar surface area (TPSA) is 29.3 Å². The molecule has 2 heterocycles. The van der Waals surface area contributed by atoms with Gasteiger partial charge in [-0.3, -0.25) is 0 Å². The molecule has 0 unspecified atom stereocenters. The minimum Gasteiger partial charge on any atom is -0.399 e. The van der Waals surface area contributed by atoms with Crippen LogP contribution in [0.25, 0.3) is 0 Å². The zero-order valence-electron chi connectivity index (χ0n) is 9.32. The maximum absolute atomic E-state index is 13.8. The molecule has 2 nitrogen and oxygen atoms in total. The van der Waals surface area contributed by atoms with Crippen molar-refractivity contribution in [3.05, 3.63) is 45.9 Å². The van der Waals surface area contributed by atoms with Gasteiger partial charge in [-0.25, -0.2) is 4.39 Å². The van der Waals surface area contributed by atoms with Crippen LogP contribution in [0.1, 0.15) is 10.4 Å². The van der Waals surface area contributed by atoms with Crippen molar-refractivity contribution in [1.29, 1.82) is 0 Å². The van der Waals surface area contributed by atoms with Crippen molar-refractivity contribution in [2.75, 3.05) is 17.2 Å². The number of nitrogen functional groups attached to an aromatic ring is 1. The lowest BCUT2D eigenvalue weighted by Gasteiger charge is -2.29. The van der Waals surface area contributed by atoms with Gasteiger partial charge in [-0.05, 0) is 41.6 Å². The molecule has 0 amide bonds. The largest absolute Gasteiger partial charge is 0.399 e. The highest BCUT2D eigenvalue weighted by molar-refractivity contribution is 7.10. The third-order valence-electron chi connectivity index (χ3n) is 3.12. The Hall–Kier alpha value is -1.55. The molecule has 2 aromatic rings. The van der Waals surface area contributed by atoms with E-state index in [9.17, 15) is 4.39 Å². The summed E-state index contributed by atoms with van der Waals surface area (Å²) in [6.07, 6.45) is 0.997. The Bertz CT molecular complexity index is 550. The van der Waals surface area contributed by atoms with Gasteiger partial charge in [0.15, 0.2) is 0 Å². The van der Waals surface area contributed by atoms with Crippen LogP contribution < -0.4 is 10.6 Å². The van der Waals surface area contributed by atoms with Crippen LogP contribution in [-0.2, 0) is 13.0 Å². The number of hydrogen-bond donors (Lipinski definition) is 1. The van der Waals surface area contributed by atoms with Crippen molar-refractivity contribution >= 4 is 22.7 Å². The average molecular weight is 248 g/mol. The van der Waals surface area contributed by atoms with E-state index in [0.717, 1.165) is 19.5 Å². The van der Waals surface area contributed by atoms with Crippen LogP contribution in [0.4, 0.5) is 15.8 Å². The van der Waals surface area contributed by atoms with E-state index in [4.69, 9.17) is 5.73 Å². The molecule has 3 rings (SSSR count). The Morgan fingerprint density at radius 2 is 2.18 bits per heavy atom. The number of thiophene rings is 1. The van der Waals surface area contributed by atoms with E-state index in [1.54, 1.807) is 23.5 Å². The van der Waals surface area contributed by atoms with E-state index in [0.29, 0.717) is 11.4 Å². The van der Waals surface area contributed by atoms with E-state index in [1.807, 2.05) is 0 Å². The Labute approximate surface area is 103 Å². The van der Waals surface area contributed by atoms with Gasteiger partial charge >= 0.3 is 0 Å². The fraction of sp³-hybridized carbons (Fsp3) is 0.231. The number of nitrogens with zero attached hydrogens (tertiary/aromatic N) is 1. The maximum atomic E-state index is 13.8. The van der Waals surface area contributed by atoms with E-state index in [1.165, 1.54) is 16.5 Å². The number of hydrogen-bond acceptors (Lipinski definition) is 3. The first kappa shape index (κ1) is 10.6. The van der Waals surface area contributed by atoms with Crippen LogP contribution in [0.5, 0.6) is 0 Å². The molecule has 0 aliphatic carbocycles. The Kier molecular flexibility index (Phi) is 2.52. The van der Waals surface area contributed by atoms with Crippen molar-refractivity contribution in [3.63, 3.8) is 0 Å². The lowest BCUT2D eigenvalue weighted by molar-refractivity contribution is 0.612. The summed E-state index contributed by atoms with van der Waals surface area (Å²) in [5, 5.41) is 2.10. The monoisotopic (exact) mass is 248 g/mol. The molecule has 1 aromatic carbocycles. The summed E-state index contributed by atoms with van der Waals surface area (Å²) < 4.78 is 13.8. The highest BCUT2D eigenvalue weighted by Crippen LogP contribution is 2.29.